The van der Waals surface area contributed by atoms with E-state index >= 15 is 0 Å². The van der Waals surface area contributed by atoms with E-state index in [4.69, 9.17) is 9.41 Å². The summed E-state index contributed by atoms with van der Waals surface area (Å²) in [5.41, 5.74) is 10.7. The molecule has 7 aromatic rings. The van der Waals surface area contributed by atoms with Crippen molar-refractivity contribution < 1.29 is 4.42 Å². The SMILES string of the molecule is C1=Cc2c(sc3c(C4=CC5c6cccc(C7=NC(c8ccc9oc%10ccccc%10c9c8)NC(c8ccccc8)N7)c6SC5C=C4)cccc23)CC1. The van der Waals surface area contributed by atoms with E-state index in [1.807, 2.05) is 35.2 Å². The number of thiophene rings is 1. The highest BCUT2D eigenvalue weighted by molar-refractivity contribution is 8.00. The van der Waals surface area contributed by atoms with Crippen LogP contribution < -0.4 is 10.6 Å². The van der Waals surface area contributed by atoms with E-state index in [0.29, 0.717) is 11.2 Å². The highest BCUT2D eigenvalue weighted by Gasteiger charge is 2.36. The second-order valence-electron chi connectivity index (χ2n) is 13.8. The van der Waals surface area contributed by atoms with Crippen LogP contribution in [0.25, 0.3) is 43.7 Å². The molecule has 4 nitrogen and oxygen atoms in total. The average molecular weight is 696 g/mol. The smallest absolute Gasteiger partial charge is 0.135 e. The standard InChI is InChI=1S/C45H33N3OS2/c1-2-10-26(11-3-1)43-46-44(28-20-22-38-35(25-28)30-12-4-6-18-37(30)49-38)48-45(47-43)34-17-9-16-33-36-24-27(21-23-40(36)51-42(33)34)29-14-8-15-32-31-13-5-7-19-39(31)50-41(29)32/h1-6,8-18,20-25,36,40,43-44,46H,7,19H2,(H,47,48). The number of para-hydroxylation sites is 1. The molecule has 5 aromatic carbocycles. The summed E-state index contributed by atoms with van der Waals surface area (Å²) in [5, 5.41) is 11.6. The molecule has 4 heterocycles. The van der Waals surface area contributed by atoms with Crippen LogP contribution in [0.4, 0.5) is 0 Å². The highest BCUT2D eigenvalue weighted by atomic mass is 32.2. The third kappa shape index (κ3) is 4.81. The maximum Gasteiger partial charge on any atom is 0.135 e. The Labute approximate surface area is 304 Å². The number of rotatable bonds is 4. The van der Waals surface area contributed by atoms with Gasteiger partial charge in [0.25, 0.3) is 0 Å². The molecule has 2 aliphatic carbocycles. The molecule has 246 valence electrons. The first kappa shape index (κ1) is 29.6. The lowest BCUT2D eigenvalue weighted by Gasteiger charge is -2.32. The van der Waals surface area contributed by atoms with Crippen molar-refractivity contribution in [1.82, 2.24) is 10.6 Å². The summed E-state index contributed by atoms with van der Waals surface area (Å²) < 4.78 is 7.58. The van der Waals surface area contributed by atoms with Crippen LogP contribution in [0.1, 0.15) is 62.9 Å². The lowest BCUT2D eigenvalue weighted by atomic mass is 9.86. The molecule has 0 radical (unpaired) electrons. The Hall–Kier alpha value is -5.14. The maximum atomic E-state index is 6.16. The Kier molecular flexibility index (Phi) is 6.79. The molecule has 2 N–H and O–H groups in total. The van der Waals surface area contributed by atoms with Crippen molar-refractivity contribution >= 4 is 72.6 Å². The number of furan rings is 1. The van der Waals surface area contributed by atoms with Crippen molar-refractivity contribution in [3.8, 4) is 0 Å². The highest BCUT2D eigenvalue weighted by Crippen LogP contribution is 2.52. The maximum absolute atomic E-state index is 6.16. The van der Waals surface area contributed by atoms with Gasteiger partial charge in [0.05, 0.1) is 0 Å². The lowest BCUT2D eigenvalue weighted by Crippen LogP contribution is -2.45. The van der Waals surface area contributed by atoms with E-state index in [1.165, 1.54) is 47.7 Å². The molecule has 0 amide bonds. The molecular formula is C45H33N3OS2. The van der Waals surface area contributed by atoms with Crippen LogP contribution >= 0.6 is 23.1 Å². The van der Waals surface area contributed by atoms with Gasteiger partial charge in [-0.15, -0.1) is 23.1 Å². The minimum absolute atomic E-state index is 0.108. The predicted molar refractivity (Wildman–Crippen MR) is 214 cm³/mol. The number of benzene rings is 5. The molecule has 6 heteroatoms. The van der Waals surface area contributed by atoms with Crippen molar-refractivity contribution in [3.63, 3.8) is 0 Å². The molecule has 0 saturated carbocycles. The normalized spacial score (nSPS) is 22.0. The Bertz CT molecular complexity index is 2660. The molecular weight excluding hydrogens is 663 g/mol. The van der Waals surface area contributed by atoms with Gasteiger partial charge in [-0.3, -0.25) is 5.32 Å². The van der Waals surface area contributed by atoms with Gasteiger partial charge in [-0.05, 0) is 64.4 Å². The van der Waals surface area contributed by atoms with Crippen molar-refractivity contribution in [2.24, 2.45) is 4.99 Å². The van der Waals surface area contributed by atoms with Gasteiger partial charge in [0, 0.05) is 47.4 Å². The first-order chi connectivity index (χ1) is 25.2. The number of amidine groups is 1. The Balaban J connectivity index is 0.995. The van der Waals surface area contributed by atoms with Gasteiger partial charge < -0.3 is 9.73 Å². The summed E-state index contributed by atoms with van der Waals surface area (Å²) in [6.07, 6.45) is 13.9. The van der Waals surface area contributed by atoms with Gasteiger partial charge in [0.1, 0.15) is 29.3 Å². The number of hydrogen-bond donors (Lipinski definition) is 2. The predicted octanol–water partition coefficient (Wildman–Crippen LogP) is 11.3. The number of allylic oxidation sites excluding steroid dienone is 4. The van der Waals surface area contributed by atoms with E-state index in [-0.39, 0.29) is 12.3 Å². The third-order valence-corrected chi connectivity index (χ3v) is 13.5. The molecule has 0 fully saturated rings. The van der Waals surface area contributed by atoms with Crippen molar-refractivity contribution in [1.29, 1.82) is 0 Å². The van der Waals surface area contributed by atoms with E-state index in [1.54, 1.807) is 0 Å². The molecule has 0 bridgehead atoms. The fraction of sp³-hybridized carbons (Fsp3) is 0.133. The molecule has 4 aliphatic rings. The quantitative estimate of drug-likeness (QED) is 0.192. The number of hydrogen-bond acceptors (Lipinski definition) is 6. The number of nitrogens with one attached hydrogen (secondary N) is 2. The van der Waals surface area contributed by atoms with Crippen LogP contribution in [0, 0.1) is 0 Å². The fourth-order valence-corrected chi connectivity index (χ4v) is 11.1. The molecule has 4 atom stereocenters. The number of thioether (sulfide) groups is 1. The van der Waals surface area contributed by atoms with E-state index in [0.717, 1.165) is 51.7 Å². The number of aliphatic imine (C=N–C) groups is 1. The van der Waals surface area contributed by atoms with Crippen LogP contribution in [0.2, 0.25) is 0 Å². The van der Waals surface area contributed by atoms with Gasteiger partial charge in [-0.2, -0.15) is 0 Å². The summed E-state index contributed by atoms with van der Waals surface area (Å²) in [7, 11) is 0. The van der Waals surface area contributed by atoms with Crippen LogP contribution in [-0.2, 0) is 6.42 Å². The zero-order valence-electron chi connectivity index (χ0n) is 27.7. The average Bonchev–Trinajstić information content (AvgIpc) is 3.89. The molecule has 0 saturated heterocycles. The number of aryl methyl sites for hydroxylation is 1. The zero-order valence-corrected chi connectivity index (χ0v) is 29.3. The van der Waals surface area contributed by atoms with Crippen molar-refractivity contribution in [2.75, 3.05) is 0 Å². The molecule has 2 aromatic heterocycles. The summed E-state index contributed by atoms with van der Waals surface area (Å²) in [6, 6.07) is 39.0. The molecule has 4 unspecified atom stereocenters. The Morgan fingerprint density at radius 1 is 0.745 bits per heavy atom. The monoisotopic (exact) mass is 695 g/mol. The summed E-state index contributed by atoms with van der Waals surface area (Å²) >= 11 is 3.95. The third-order valence-electron chi connectivity index (χ3n) is 10.8. The van der Waals surface area contributed by atoms with Crippen LogP contribution in [0.5, 0.6) is 0 Å². The Morgan fingerprint density at radius 3 is 2.55 bits per heavy atom. The van der Waals surface area contributed by atoms with Gasteiger partial charge in [-0.25, -0.2) is 4.99 Å². The molecule has 2 aliphatic heterocycles. The summed E-state index contributed by atoms with van der Waals surface area (Å²) in [4.78, 5) is 8.24. The van der Waals surface area contributed by atoms with Gasteiger partial charge in [0.15, 0.2) is 0 Å². The lowest BCUT2D eigenvalue weighted by molar-refractivity contribution is 0.409. The van der Waals surface area contributed by atoms with E-state index in [9.17, 15) is 0 Å². The second kappa shape index (κ2) is 11.7. The summed E-state index contributed by atoms with van der Waals surface area (Å²) in [5.74, 6) is 1.22. The van der Waals surface area contributed by atoms with Crippen LogP contribution in [-0.4, -0.2) is 11.1 Å². The van der Waals surface area contributed by atoms with Crippen molar-refractivity contribution in [2.45, 2.75) is 41.2 Å². The molecule has 11 rings (SSSR count). The zero-order chi connectivity index (χ0) is 33.5. The van der Waals surface area contributed by atoms with Crippen LogP contribution in [0.3, 0.4) is 0 Å². The minimum atomic E-state index is -0.243. The van der Waals surface area contributed by atoms with Crippen molar-refractivity contribution in [3.05, 3.63) is 172 Å². The first-order valence-corrected chi connectivity index (χ1v) is 19.4. The van der Waals surface area contributed by atoms with Gasteiger partial charge in [-0.1, -0.05) is 121 Å². The second-order valence-corrected chi connectivity index (χ2v) is 16.1. The molecule has 51 heavy (non-hydrogen) atoms. The Morgan fingerprint density at radius 2 is 1.59 bits per heavy atom. The van der Waals surface area contributed by atoms with Gasteiger partial charge >= 0.3 is 0 Å². The number of nitrogens with zero attached hydrogens (tertiary/aromatic N) is 1. The van der Waals surface area contributed by atoms with Crippen LogP contribution in [0.15, 0.2) is 148 Å². The largest absolute Gasteiger partial charge is 0.456 e. The van der Waals surface area contributed by atoms with E-state index in [2.05, 4.69) is 138 Å². The number of fused-ring (bicyclic) bond motifs is 9. The molecule has 0 spiro atoms. The first-order valence-electron chi connectivity index (χ1n) is 17.7. The summed E-state index contributed by atoms with van der Waals surface area (Å²) in [6.45, 7) is 0. The minimum Gasteiger partial charge on any atom is -0.456 e. The topological polar surface area (TPSA) is 49.6 Å². The fourth-order valence-electron chi connectivity index (χ4n) is 8.29. The van der Waals surface area contributed by atoms with E-state index < -0.39 is 0 Å². The van der Waals surface area contributed by atoms with Gasteiger partial charge in [0.2, 0.25) is 0 Å².